The smallest absolute Gasteiger partial charge is 0.257 e. The van der Waals surface area contributed by atoms with Crippen LogP contribution >= 0.6 is 0 Å². The predicted octanol–water partition coefficient (Wildman–Crippen LogP) is 0.943. The van der Waals surface area contributed by atoms with Crippen LogP contribution in [0.5, 0.6) is 5.75 Å². The Labute approximate surface area is 256 Å². The minimum Gasteiger partial charge on any atom is -0.482 e. The lowest BCUT2D eigenvalue weighted by Crippen LogP contribution is -2.54. The highest BCUT2D eigenvalue weighted by Gasteiger charge is 2.31. The molecule has 43 heavy (non-hydrogen) atoms. The Balaban J connectivity index is 1.25. The summed E-state index contributed by atoms with van der Waals surface area (Å²) in [5.74, 6) is -0.0857. The maximum absolute atomic E-state index is 13.5. The minimum absolute atomic E-state index is 0.105. The fourth-order valence-electron chi connectivity index (χ4n) is 6.04. The van der Waals surface area contributed by atoms with Gasteiger partial charge in [0.25, 0.3) is 5.91 Å². The molecule has 12 heteroatoms. The lowest BCUT2D eigenvalue weighted by Gasteiger charge is -2.39. The molecule has 5 rings (SSSR count). The van der Waals surface area contributed by atoms with E-state index in [4.69, 9.17) is 9.47 Å². The van der Waals surface area contributed by atoms with E-state index in [0.29, 0.717) is 38.5 Å². The Kier molecular flexibility index (Phi) is 10.6. The Morgan fingerprint density at radius 2 is 1.70 bits per heavy atom. The highest BCUT2D eigenvalue weighted by Crippen LogP contribution is 2.36. The molecule has 0 bridgehead atoms. The number of amides is 1. The first kappa shape index (κ1) is 31.7. The molecular weight excluding hydrogens is 568 g/mol. The molecule has 2 fully saturated rings. The number of morpholine rings is 1. The number of fused-ring (bicyclic) bond motifs is 1. The molecule has 2 aromatic carbocycles. The van der Waals surface area contributed by atoms with Gasteiger partial charge in [-0.2, -0.15) is 0 Å². The molecule has 1 atom stereocenters. The molecule has 3 aliphatic rings. The van der Waals surface area contributed by atoms with E-state index >= 15 is 0 Å². The first-order chi connectivity index (χ1) is 20.7. The summed E-state index contributed by atoms with van der Waals surface area (Å²) in [6.45, 7) is 9.05. The Bertz CT molecular complexity index is 1340. The fourth-order valence-corrected chi connectivity index (χ4v) is 7.25. The van der Waals surface area contributed by atoms with Crippen LogP contribution in [0.2, 0.25) is 0 Å². The Hall–Kier alpha value is -2.74. The number of sulfonamides is 1. The van der Waals surface area contributed by atoms with Crippen LogP contribution in [0.15, 0.2) is 47.4 Å². The van der Waals surface area contributed by atoms with Gasteiger partial charge in [0.05, 0.1) is 18.9 Å². The van der Waals surface area contributed by atoms with Crippen molar-refractivity contribution in [3.8, 4) is 5.75 Å². The molecule has 2 saturated heterocycles. The second kappa shape index (κ2) is 14.4. The normalized spacial score (nSPS) is 19.7. The van der Waals surface area contributed by atoms with Crippen molar-refractivity contribution in [3.63, 3.8) is 0 Å². The zero-order chi connectivity index (χ0) is 30.4. The molecule has 0 saturated carbocycles. The van der Waals surface area contributed by atoms with Crippen LogP contribution in [0.25, 0.3) is 0 Å². The van der Waals surface area contributed by atoms with E-state index in [1.54, 1.807) is 12.1 Å². The van der Waals surface area contributed by atoms with Crippen molar-refractivity contribution < 1.29 is 22.7 Å². The molecule has 0 spiro atoms. The number of anilines is 1. The molecular formula is C31H46N6O5S. The fraction of sp³-hybridized carbons (Fsp3) is 0.581. The number of likely N-dealkylation sites (N-methyl/N-ethyl adjacent to an activating group) is 1. The van der Waals surface area contributed by atoms with Gasteiger partial charge in [-0.05, 0) is 36.7 Å². The van der Waals surface area contributed by atoms with Crippen LogP contribution < -0.4 is 15.0 Å². The van der Waals surface area contributed by atoms with Crippen molar-refractivity contribution in [3.05, 3.63) is 53.6 Å². The second-order valence-corrected chi connectivity index (χ2v) is 13.9. The summed E-state index contributed by atoms with van der Waals surface area (Å²) in [5, 5.41) is 3.07. The van der Waals surface area contributed by atoms with E-state index < -0.39 is 10.0 Å². The zero-order valence-corrected chi connectivity index (χ0v) is 26.5. The number of nitrogens with one attached hydrogen (secondary N) is 1. The number of ether oxygens (including phenoxy) is 2. The summed E-state index contributed by atoms with van der Waals surface area (Å²) in [7, 11) is 1.25. The van der Waals surface area contributed by atoms with Gasteiger partial charge in [0, 0.05) is 85.6 Å². The number of carbonyl (C=O) groups is 1. The average molecular weight is 615 g/mol. The predicted molar refractivity (Wildman–Crippen MR) is 167 cm³/mol. The Morgan fingerprint density at radius 3 is 2.42 bits per heavy atom. The number of hydrogen-bond donors (Lipinski definition) is 1. The van der Waals surface area contributed by atoms with Crippen LogP contribution in [0.1, 0.15) is 11.1 Å². The quantitative estimate of drug-likeness (QED) is 0.397. The molecule has 0 radical (unpaired) electrons. The number of piperazine rings is 1. The number of benzene rings is 2. The van der Waals surface area contributed by atoms with Crippen LogP contribution in [0.3, 0.4) is 0 Å². The van der Waals surface area contributed by atoms with Crippen LogP contribution in [-0.4, -0.2) is 139 Å². The number of hydrogen-bond acceptors (Lipinski definition) is 9. The maximum atomic E-state index is 13.5. The summed E-state index contributed by atoms with van der Waals surface area (Å²) < 4.78 is 39.7. The standard InChI is InChI=1S/C31H46N6O5S/c1-33(2)43(39,40)31-28(37-15-13-34(3)14-16-37)9-6-10-29(31)42-24-30(38)32-21-27(36-17-19-41-20-18-36)23-35-12-11-25-7-4-5-8-26(25)22-35/h4-10,27H,11-24H2,1-3H3,(H,32,38). The number of carbonyl (C=O) groups excluding carboxylic acids is 1. The SMILES string of the molecule is CN1CCN(c2cccc(OCC(=O)NCC(CN3CCc4ccccc4C3)N3CCOCC3)c2S(=O)(=O)N(C)C)CC1. The van der Waals surface area contributed by atoms with Gasteiger partial charge in [0.2, 0.25) is 10.0 Å². The van der Waals surface area contributed by atoms with Gasteiger partial charge in [0.1, 0.15) is 10.6 Å². The van der Waals surface area contributed by atoms with Crippen LogP contribution in [-0.2, 0) is 32.5 Å². The molecule has 0 aromatic heterocycles. The van der Waals surface area contributed by atoms with Gasteiger partial charge in [-0.3, -0.25) is 14.6 Å². The van der Waals surface area contributed by atoms with Gasteiger partial charge in [-0.1, -0.05) is 30.3 Å². The third-order valence-electron chi connectivity index (χ3n) is 8.68. The molecule has 1 unspecified atom stereocenters. The molecule has 0 aliphatic carbocycles. The summed E-state index contributed by atoms with van der Waals surface area (Å²) in [6, 6.07) is 14.0. The van der Waals surface area contributed by atoms with Gasteiger partial charge in [-0.15, -0.1) is 0 Å². The van der Waals surface area contributed by atoms with Crippen molar-refractivity contribution in [2.24, 2.45) is 0 Å². The topological polar surface area (TPSA) is 97.9 Å². The average Bonchev–Trinajstić information content (AvgIpc) is 3.02. The van der Waals surface area contributed by atoms with Crippen molar-refractivity contribution in [1.82, 2.24) is 24.3 Å². The first-order valence-corrected chi connectivity index (χ1v) is 16.7. The van der Waals surface area contributed by atoms with Crippen molar-refractivity contribution in [1.29, 1.82) is 0 Å². The van der Waals surface area contributed by atoms with Crippen molar-refractivity contribution in [2.75, 3.05) is 105 Å². The van der Waals surface area contributed by atoms with Crippen LogP contribution in [0, 0.1) is 0 Å². The second-order valence-electron chi connectivity index (χ2n) is 11.8. The molecule has 1 amide bonds. The summed E-state index contributed by atoms with van der Waals surface area (Å²) in [6.07, 6.45) is 1.03. The van der Waals surface area contributed by atoms with Crippen molar-refractivity contribution in [2.45, 2.75) is 23.9 Å². The monoisotopic (exact) mass is 614 g/mol. The van der Waals surface area contributed by atoms with E-state index in [9.17, 15) is 13.2 Å². The van der Waals surface area contributed by atoms with Gasteiger partial charge >= 0.3 is 0 Å². The third kappa shape index (κ3) is 7.86. The highest BCUT2D eigenvalue weighted by molar-refractivity contribution is 7.89. The largest absolute Gasteiger partial charge is 0.482 e. The molecule has 3 aliphatic heterocycles. The number of nitrogens with zero attached hydrogens (tertiary/aromatic N) is 5. The molecule has 3 heterocycles. The van der Waals surface area contributed by atoms with Crippen molar-refractivity contribution >= 4 is 21.6 Å². The summed E-state index contributed by atoms with van der Waals surface area (Å²) in [5.41, 5.74) is 3.39. The highest BCUT2D eigenvalue weighted by atomic mass is 32.2. The maximum Gasteiger partial charge on any atom is 0.257 e. The van der Waals surface area contributed by atoms with Crippen LogP contribution in [0.4, 0.5) is 5.69 Å². The summed E-state index contributed by atoms with van der Waals surface area (Å²) >= 11 is 0. The van der Waals surface area contributed by atoms with E-state index in [-0.39, 0.29) is 29.2 Å². The Morgan fingerprint density at radius 1 is 0.977 bits per heavy atom. The lowest BCUT2D eigenvalue weighted by atomic mass is 9.99. The van der Waals surface area contributed by atoms with E-state index in [0.717, 1.165) is 52.2 Å². The van der Waals surface area contributed by atoms with E-state index in [1.807, 2.05) is 6.07 Å². The van der Waals surface area contributed by atoms with Gasteiger partial charge in [-0.25, -0.2) is 12.7 Å². The van der Waals surface area contributed by atoms with E-state index in [1.165, 1.54) is 29.5 Å². The minimum atomic E-state index is -3.83. The molecule has 11 nitrogen and oxygen atoms in total. The molecule has 236 valence electrons. The molecule has 1 N–H and O–H groups in total. The van der Waals surface area contributed by atoms with E-state index in [2.05, 4.69) is 56.2 Å². The zero-order valence-electron chi connectivity index (χ0n) is 25.7. The summed E-state index contributed by atoms with van der Waals surface area (Å²) in [4.78, 5) is 22.4. The number of rotatable bonds is 11. The van der Waals surface area contributed by atoms with Gasteiger partial charge in [0.15, 0.2) is 6.61 Å². The lowest BCUT2D eigenvalue weighted by molar-refractivity contribution is -0.123. The van der Waals surface area contributed by atoms with Gasteiger partial charge < -0.3 is 24.6 Å². The first-order valence-electron chi connectivity index (χ1n) is 15.2. The molecule has 2 aromatic rings. The third-order valence-corrected chi connectivity index (χ3v) is 10.6.